The Bertz CT molecular complexity index is 331. The fraction of sp³-hybridized carbons (Fsp3) is 0.500. The zero-order valence-electron chi connectivity index (χ0n) is 7.86. The fourth-order valence-corrected chi connectivity index (χ4v) is 2.41. The van der Waals surface area contributed by atoms with E-state index in [1.807, 2.05) is 6.20 Å². The molecule has 1 aliphatic carbocycles. The third-order valence-electron chi connectivity index (χ3n) is 3.13. The number of aromatic amines is 1. The van der Waals surface area contributed by atoms with Crippen molar-refractivity contribution in [3.63, 3.8) is 0 Å². The standard InChI is InChI=1S/C10H13N3.ClH/c1-7(10-5-12-6-13-10)2-9-4-11-3-8(1)9;/h1,5-6,8-9,11H,2-4H2,(H,12,13);1H. The molecule has 0 amide bonds. The second kappa shape index (κ2) is 3.75. The number of fused-ring (bicyclic) bond motifs is 1. The lowest BCUT2D eigenvalue weighted by atomic mass is 9.99. The highest BCUT2D eigenvalue weighted by atomic mass is 35.5. The Morgan fingerprint density at radius 3 is 3.00 bits per heavy atom. The predicted molar refractivity (Wildman–Crippen MR) is 58.3 cm³/mol. The largest absolute Gasteiger partial charge is 0.345 e. The number of imidazole rings is 1. The lowest BCUT2D eigenvalue weighted by Gasteiger charge is -2.04. The molecule has 1 fully saturated rings. The van der Waals surface area contributed by atoms with Gasteiger partial charge in [0.25, 0.3) is 0 Å². The molecule has 2 aliphatic rings. The minimum atomic E-state index is 0. The van der Waals surface area contributed by atoms with Crippen LogP contribution in [0.3, 0.4) is 0 Å². The summed E-state index contributed by atoms with van der Waals surface area (Å²) < 4.78 is 0. The average Bonchev–Trinajstić information content (AvgIpc) is 2.78. The normalized spacial score (nSPS) is 29.6. The van der Waals surface area contributed by atoms with Gasteiger partial charge in [-0.1, -0.05) is 6.08 Å². The Morgan fingerprint density at radius 2 is 2.29 bits per heavy atom. The van der Waals surface area contributed by atoms with Crippen LogP contribution in [0.4, 0.5) is 0 Å². The van der Waals surface area contributed by atoms with E-state index in [0.717, 1.165) is 18.4 Å². The Kier molecular flexibility index (Phi) is 2.61. The first kappa shape index (κ1) is 9.74. The molecule has 0 aromatic carbocycles. The molecule has 0 bridgehead atoms. The molecule has 1 aromatic rings. The highest BCUT2D eigenvalue weighted by Gasteiger charge is 2.31. The number of nitrogens with one attached hydrogen (secondary N) is 2. The van der Waals surface area contributed by atoms with E-state index in [1.165, 1.54) is 24.2 Å². The average molecular weight is 212 g/mol. The van der Waals surface area contributed by atoms with Crippen molar-refractivity contribution in [3.8, 4) is 0 Å². The van der Waals surface area contributed by atoms with Crippen molar-refractivity contribution in [2.45, 2.75) is 6.42 Å². The summed E-state index contributed by atoms with van der Waals surface area (Å²) in [5.41, 5.74) is 2.66. The van der Waals surface area contributed by atoms with Crippen LogP contribution in [0.5, 0.6) is 0 Å². The summed E-state index contributed by atoms with van der Waals surface area (Å²) >= 11 is 0. The number of allylic oxidation sites excluding steroid dienone is 1. The van der Waals surface area contributed by atoms with Crippen LogP contribution in [0.2, 0.25) is 0 Å². The van der Waals surface area contributed by atoms with Gasteiger partial charge in [0.2, 0.25) is 0 Å². The molecule has 4 heteroatoms. The zero-order valence-corrected chi connectivity index (χ0v) is 8.68. The van der Waals surface area contributed by atoms with Crippen molar-refractivity contribution in [1.29, 1.82) is 0 Å². The Labute approximate surface area is 89.4 Å². The van der Waals surface area contributed by atoms with E-state index in [9.17, 15) is 0 Å². The molecule has 1 saturated heterocycles. The van der Waals surface area contributed by atoms with Gasteiger partial charge < -0.3 is 10.3 Å². The number of aromatic nitrogens is 2. The molecule has 0 spiro atoms. The van der Waals surface area contributed by atoms with Gasteiger partial charge in [0.1, 0.15) is 0 Å². The molecule has 2 atom stereocenters. The Morgan fingerprint density at radius 1 is 1.36 bits per heavy atom. The van der Waals surface area contributed by atoms with Crippen LogP contribution in [0, 0.1) is 11.8 Å². The van der Waals surface area contributed by atoms with Crippen molar-refractivity contribution in [1.82, 2.24) is 15.3 Å². The van der Waals surface area contributed by atoms with E-state index in [4.69, 9.17) is 0 Å². The monoisotopic (exact) mass is 211 g/mol. The first-order valence-electron chi connectivity index (χ1n) is 4.83. The van der Waals surface area contributed by atoms with Crippen LogP contribution in [0.1, 0.15) is 12.1 Å². The SMILES string of the molecule is C1=C(c2cnc[nH]2)CC2CNCC12.Cl. The van der Waals surface area contributed by atoms with Gasteiger partial charge in [-0.2, -0.15) is 0 Å². The topological polar surface area (TPSA) is 40.7 Å². The molecule has 76 valence electrons. The molecular weight excluding hydrogens is 198 g/mol. The second-order valence-corrected chi connectivity index (χ2v) is 3.94. The third kappa shape index (κ3) is 1.47. The number of halogens is 1. The molecule has 0 saturated carbocycles. The zero-order chi connectivity index (χ0) is 8.67. The van der Waals surface area contributed by atoms with Crippen molar-refractivity contribution < 1.29 is 0 Å². The molecule has 2 heterocycles. The van der Waals surface area contributed by atoms with Gasteiger partial charge in [0, 0.05) is 6.54 Å². The van der Waals surface area contributed by atoms with E-state index >= 15 is 0 Å². The summed E-state index contributed by atoms with van der Waals surface area (Å²) in [6, 6.07) is 0. The summed E-state index contributed by atoms with van der Waals surface area (Å²) in [7, 11) is 0. The van der Waals surface area contributed by atoms with Gasteiger partial charge in [-0.15, -0.1) is 12.4 Å². The van der Waals surface area contributed by atoms with Crippen molar-refractivity contribution in [2.75, 3.05) is 13.1 Å². The molecule has 2 unspecified atom stereocenters. The maximum atomic E-state index is 4.05. The molecule has 1 aliphatic heterocycles. The smallest absolute Gasteiger partial charge is 0.0924 e. The van der Waals surface area contributed by atoms with Crippen LogP contribution in [0.25, 0.3) is 5.57 Å². The van der Waals surface area contributed by atoms with Gasteiger partial charge in [-0.25, -0.2) is 4.98 Å². The lowest BCUT2D eigenvalue weighted by molar-refractivity contribution is 0.536. The van der Waals surface area contributed by atoms with Crippen LogP contribution in [-0.2, 0) is 0 Å². The number of hydrogen-bond donors (Lipinski definition) is 2. The van der Waals surface area contributed by atoms with Gasteiger partial charge in [0.05, 0.1) is 18.2 Å². The molecule has 1 aromatic heterocycles. The van der Waals surface area contributed by atoms with E-state index in [2.05, 4.69) is 21.4 Å². The van der Waals surface area contributed by atoms with Crippen molar-refractivity contribution in [3.05, 3.63) is 24.3 Å². The van der Waals surface area contributed by atoms with Crippen LogP contribution < -0.4 is 5.32 Å². The minimum absolute atomic E-state index is 0. The summed E-state index contributed by atoms with van der Waals surface area (Å²) in [6.45, 7) is 2.33. The predicted octanol–water partition coefficient (Wildman–Crippen LogP) is 1.45. The summed E-state index contributed by atoms with van der Waals surface area (Å²) in [4.78, 5) is 7.22. The van der Waals surface area contributed by atoms with E-state index in [1.54, 1.807) is 6.33 Å². The number of nitrogens with zero attached hydrogens (tertiary/aromatic N) is 1. The third-order valence-corrected chi connectivity index (χ3v) is 3.13. The van der Waals surface area contributed by atoms with Crippen molar-refractivity contribution in [2.24, 2.45) is 11.8 Å². The second-order valence-electron chi connectivity index (χ2n) is 3.94. The molecule has 3 rings (SSSR count). The van der Waals surface area contributed by atoms with Crippen LogP contribution in [-0.4, -0.2) is 23.1 Å². The highest BCUT2D eigenvalue weighted by molar-refractivity contribution is 5.85. The number of rotatable bonds is 1. The van der Waals surface area contributed by atoms with Crippen LogP contribution in [0.15, 0.2) is 18.6 Å². The molecule has 0 radical (unpaired) electrons. The molecule has 2 N–H and O–H groups in total. The Hall–Kier alpha value is -0.800. The summed E-state index contributed by atoms with van der Waals surface area (Å²) in [6.07, 6.45) is 7.28. The molecular formula is C10H14ClN3. The van der Waals surface area contributed by atoms with E-state index in [0.29, 0.717) is 0 Å². The maximum Gasteiger partial charge on any atom is 0.0924 e. The van der Waals surface area contributed by atoms with Gasteiger partial charge >= 0.3 is 0 Å². The summed E-state index contributed by atoms with van der Waals surface area (Å²) in [5.74, 6) is 1.59. The Balaban J connectivity index is 0.000000750. The molecule has 14 heavy (non-hydrogen) atoms. The van der Waals surface area contributed by atoms with Gasteiger partial charge in [0.15, 0.2) is 0 Å². The van der Waals surface area contributed by atoms with Crippen LogP contribution >= 0.6 is 12.4 Å². The molecule has 3 nitrogen and oxygen atoms in total. The lowest BCUT2D eigenvalue weighted by Crippen LogP contribution is -2.09. The quantitative estimate of drug-likeness (QED) is 0.739. The van der Waals surface area contributed by atoms with E-state index in [-0.39, 0.29) is 12.4 Å². The minimum Gasteiger partial charge on any atom is -0.345 e. The highest BCUT2D eigenvalue weighted by Crippen LogP contribution is 2.37. The fourth-order valence-electron chi connectivity index (χ4n) is 2.41. The maximum absolute atomic E-state index is 4.05. The first-order valence-corrected chi connectivity index (χ1v) is 4.83. The number of hydrogen-bond acceptors (Lipinski definition) is 2. The van der Waals surface area contributed by atoms with Crippen molar-refractivity contribution >= 4 is 18.0 Å². The van der Waals surface area contributed by atoms with E-state index < -0.39 is 0 Å². The van der Waals surface area contributed by atoms with Gasteiger partial charge in [-0.05, 0) is 30.4 Å². The summed E-state index contributed by atoms with van der Waals surface area (Å²) in [5, 5.41) is 3.42. The number of H-pyrrole nitrogens is 1. The first-order chi connectivity index (χ1) is 6.43. The van der Waals surface area contributed by atoms with Gasteiger partial charge in [-0.3, -0.25) is 0 Å².